The Bertz CT molecular complexity index is 2320. The Morgan fingerprint density at radius 3 is 2.24 bits per heavy atom. The van der Waals surface area contributed by atoms with E-state index >= 15 is 0 Å². The van der Waals surface area contributed by atoms with E-state index in [0.717, 1.165) is 38.9 Å². The summed E-state index contributed by atoms with van der Waals surface area (Å²) in [4.78, 5) is 10.1. The number of hydrogen-bond acceptors (Lipinski definition) is 4. The maximum Gasteiger partial charge on any atom is 0.180 e. The number of para-hydroxylation sites is 1. The second kappa shape index (κ2) is 10.0. The minimum absolute atomic E-state index is 0.112. The molecule has 0 aliphatic heterocycles. The van der Waals surface area contributed by atoms with E-state index < -0.39 is 0 Å². The highest BCUT2D eigenvalue weighted by Crippen LogP contribution is 2.57. The van der Waals surface area contributed by atoms with Gasteiger partial charge in [0.15, 0.2) is 11.4 Å². The molecule has 0 unspecified atom stereocenters. The largest absolute Gasteiger partial charge is 0.452 e. The van der Waals surface area contributed by atoms with Crippen molar-refractivity contribution in [2.24, 2.45) is 0 Å². The zero-order valence-electron chi connectivity index (χ0n) is 24.8. The fourth-order valence-electron chi connectivity index (χ4n) is 7.88. The van der Waals surface area contributed by atoms with Crippen molar-refractivity contribution in [1.29, 1.82) is 5.26 Å². The summed E-state index contributed by atoms with van der Waals surface area (Å²) in [6, 6.07) is 42.3. The Morgan fingerprint density at radius 2 is 1.38 bits per heavy atom. The summed E-state index contributed by atoms with van der Waals surface area (Å²) >= 11 is 0. The molecule has 5 aromatic carbocycles. The van der Waals surface area contributed by atoms with E-state index in [4.69, 9.17) is 14.4 Å². The lowest BCUT2D eigenvalue weighted by atomic mass is 9.68. The molecule has 0 saturated heterocycles. The highest BCUT2D eigenvalue weighted by atomic mass is 16.3. The van der Waals surface area contributed by atoms with Gasteiger partial charge < -0.3 is 4.42 Å². The zero-order valence-corrected chi connectivity index (χ0v) is 24.8. The second-order valence-corrected chi connectivity index (χ2v) is 12.4. The molecule has 9 rings (SSSR count). The van der Waals surface area contributed by atoms with E-state index in [-0.39, 0.29) is 5.41 Å². The maximum absolute atomic E-state index is 9.34. The molecule has 214 valence electrons. The van der Waals surface area contributed by atoms with Gasteiger partial charge in [0.2, 0.25) is 0 Å². The van der Waals surface area contributed by atoms with Crippen molar-refractivity contribution < 1.29 is 4.42 Å². The zero-order chi connectivity index (χ0) is 30.0. The fourth-order valence-corrected chi connectivity index (χ4v) is 7.88. The smallest absolute Gasteiger partial charge is 0.180 e. The number of rotatable bonds is 3. The molecule has 0 radical (unpaired) electrons. The van der Waals surface area contributed by atoms with Gasteiger partial charge in [0, 0.05) is 21.9 Å². The van der Waals surface area contributed by atoms with Crippen LogP contribution in [-0.2, 0) is 5.41 Å². The van der Waals surface area contributed by atoms with Crippen LogP contribution in [0, 0.1) is 11.3 Å². The first-order valence-corrected chi connectivity index (χ1v) is 15.8. The summed E-state index contributed by atoms with van der Waals surface area (Å²) < 4.78 is 6.44. The third kappa shape index (κ3) is 3.90. The van der Waals surface area contributed by atoms with Crippen molar-refractivity contribution >= 4 is 22.1 Å². The predicted molar refractivity (Wildman–Crippen MR) is 180 cm³/mol. The van der Waals surface area contributed by atoms with Crippen molar-refractivity contribution in [1.82, 2.24) is 9.97 Å². The standard InChI is InChI=1S/C41H29N3O/c42-25-26-18-20-27(21-19-26)40-43-37(39-38(44-40)32-13-3-5-17-35(32)45-39)29-11-8-10-28(24-29)30-14-9-16-34-36(30)31-12-2-4-15-33(31)41(34)22-6-1-7-23-41/h2-5,8-21,24H,1,6-7,22-23H2. The van der Waals surface area contributed by atoms with Crippen LogP contribution in [0.25, 0.3) is 67.0 Å². The van der Waals surface area contributed by atoms with E-state index in [0.29, 0.717) is 17.0 Å². The molecule has 0 N–H and O–H groups in total. The number of nitrogens with zero attached hydrogens (tertiary/aromatic N) is 3. The average molecular weight is 580 g/mol. The molecule has 2 aliphatic rings. The molecular weight excluding hydrogens is 550 g/mol. The molecule has 0 atom stereocenters. The molecule has 0 bridgehead atoms. The molecule has 2 aliphatic carbocycles. The Hall–Kier alpha value is -5.53. The lowest BCUT2D eigenvalue weighted by Crippen LogP contribution is -2.27. The molecule has 4 heteroatoms. The Balaban J connectivity index is 1.25. The Labute approximate surface area is 261 Å². The van der Waals surface area contributed by atoms with Crippen LogP contribution in [0.5, 0.6) is 0 Å². The number of hydrogen-bond donors (Lipinski definition) is 0. The van der Waals surface area contributed by atoms with E-state index in [1.807, 2.05) is 48.5 Å². The fraction of sp³-hybridized carbons (Fsp3) is 0.146. The minimum Gasteiger partial charge on any atom is -0.452 e. The highest BCUT2D eigenvalue weighted by molar-refractivity contribution is 6.07. The van der Waals surface area contributed by atoms with Gasteiger partial charge in [-0.25, -0.2) is 9.97 Å². The van der Waals surface area contributed by atoms with Crippen molar-refractivity contribution in [3.05, 3.63) is 132 Å². The van der Waals surface area contributed by atoms with Crippen LogP contribution in [0.15, 0.2) is 120 Å². The lowest BCUT2D eigenvalue weighted by Gasteiger charge is -2.36. The van der Waals surface area contributed by atoms with Crippen LogP contribution in [-0.4, -0.2) is 9.97 Å². The molecule has 45 heavy (non-hydrogen) atoms. The molecule has 2 heterocycles. The van der Waals surface area contributed by atoms with Crippen molar-refractivity contribution in [3.8, 4) is 51.0 Å². The van der Waals surface area contributed by atoms with E-state index in [1.54, 1.807) is 0 Å². The summed E-state index contributed by atoms with van der Waals surface area (Å²) in [6.45, 7) is 0. The van der Waals surface area contributed by atoms with Crippen LogP contribution < -0.4 is 0 Å². The first-order chi connectivity index (χ1) is 22.2. The number of furan rings is 1. The van der Waals surface area contributed by atoms with Crippen molar-refractivity contribution in [2.75, 3.05) is 0 Å². The summed E-state index contributed by atoms with van der Waals surface area (Å²) in [7, 11) is 0. The van der Waals surface area contributed by atoms with Gasteiger partial charge in [-0.1, -0.05) is 92.1 Å². The molecule has 7 aromatic rings. The summed E-state index contributed by atoms with van der Waals surface area (Å²) in [5.74, 6) is 0.604. The molecule has 1 saturated carbocycles. The van der Waals surface area contributed by atoms with Gasteiger partial charge in [-0.3, -0.25) is 0 Å². The van der Waals surface area contributed by atoms with Crippen LogP contribution in [0.2, 0.25) is 0 Å². The van der Waals surface area contributed by atoms with E-state index in [9.17, 15) is 5.26 Å². The molecule has 4 nitrogen and oxygen atoms in total. The van der Waals surface area contributed by atoms with Gasteiger partial charge in [0.25, 0.3) is 0 Å². The number of benzene rings is 5. The van der Waals surface area contributed by atoms with Gasteiger partial charge in [0.1, 0.15) is 16.8 Å². The number of fused-ring (bicyclic) bond motifs is 8. The van der Waals surface area contributed by atoms with Crippen molar-refractivity contribution in [3.63, 3.8) is 0 Å². The minimum atomic E-state index is 0.112. The highest BCUT2D eigenvalue weighted by Gasteiger charge is 2.44. The Morgan fingerprint density at radius 1 is 0.644 bits per heavy atom. The van der Waals surface area contributed by atoms with Crippen LogP contribution in [0.3, 0.4) is 0 Å². The Kier molecular flexibility index (Phi) is 5.76. The van der Waals surface area contributed by atoms with Gasteiger partial charge in [-0.05, 0) is 88.7 Å². The molecule has 1 spiro atoms. The van der Waals surface area contributed by atoms with Gasteiger partial charge in [-0.2, -0.15) is 5.26 Å². The second-order valence-electron chi connectivity index (χ2n) is 12.4. The van der Waals surface area contributed by atoms with Gasteiger partial charge >= 0.3 is 0 Å². The summed E-state index contributed by atoms with van der Waals surface area (Å²) in [5, 5.41) is 10.3. The summed E-state index contributed by atoms with van der Waals surface area (Å²) in [5.41, 5.74) is 13.7. The van der Waals surface area contributed by atoms with E-state index in [1.165, 1.54) is 59.9 Å². The average Bonchev–Trinajstić information content (AvgIpc) is 3.62. The number of nitriles is 1. The quantitative estimate of drug-likeness (QED) is 0.209. The SMILES string of the molecule is N#Cc1ccc(-c2nc(-c3cccc(-c4cccc5c4-c4ccccc4C54CCCCC4)c3)c3oc4ccccc4c3n2)cc1. The van der Waals surface area contributed by atoms with Crippen LogP contribution in [0.1, 0.15) is 48.8 Å². The molecule has 2 aromatic heterocycles. The first-order valence-electron chi connectivity index (χ1n) is 15.8. The van der Waals surface area contributed by atoms with Crippen LogP contribution >= 0.6 is 0 Å². The van der Waals surface area contributed by atoms with Crippen molar-refractivity contribution in [2.45, 2.75) is 37.5 Å². The van der Waals surface area contributed by atoms with E-state index in [2.05, 4.69) is 72.8 Å². The lowest BCUT2D eigenvalue weighted by molar-refractivity contribution is 0.353. The number of aromatic nitrogens is 2. The maximum atomic E-state index is 9.34. The topological polar surface area (TPSA) is 62.7 Å². The molecule has 1 fully saturated rings. The molecular formula is C41H29N3O. The third-order valence-corrected chi connectivity index (χ3v) is 9.94. The normalized spacial score (nSPS) is 14.8. The predicted octanol–water partition coefficient (Wildman–Crippen LogP) is 10.5. The summed E-state index contributed by atoms with van der Waals surface area (Å²) in [6.07, 6.45) is 6.29. The van der Waals surface area contributed by atoms with Gasteiger partial charge in [0.05, 0.1) is 11.6 Å². The van der Waals surface area contributed by atoms with Gasteiger partial charge in [-0.15, -0.1) is 0 Å². The van der Waals surface area contributed by atoms with Crippen LogP contribution in [0.4, 0.5) is 0 Å². The first kappa shape index (κ1) is 25.9. The monoisotopic (exact) mass is 579 g/mol. The molecule has 0 amide bonds. The third-order valence-electron chi connectivity index (χ3n) is 9.94.